The number of ether oxygens (including phenoxy) is 1. The van der Waals surface area contributed by atoms with E-state index in [9.17, 15) is 9.59 Å². The molecule has 5 aromatic carbocycles. The van der Waals surface area contributed by atoms with Gasteiger partial charge in [-0.1, -0.05) is 146 Å². The van der Waals surface area contributed by atoms with Gasteiger partial charge in [0.1, 0.15) is 11.7 Å². The smallest absolute Gasteiger partial charge is 0.316 e. The lowest BCUT2D eigenvalue weighted by Gasteiger charge is -2.34. The third kappa shape index (κ3) is 6.25. The zero-order valence-corrected chi connectivity index (χ0v) is 26.5. The molecule has 234 valence electrons. The van der Waals surface area contributed by atoms with Gasteiger partial charge in [-0.05, 0) is 51.9 Å². The molecule has 7 nitrogen and oxygen atoms in total. The highest BCUT2D eigenvalue weighted by Crippen LogP contribution is 2.40. The number of ketones is 1. The van der Waals surface area contributed by atoms with Gasteiger partial charge in [-0.25, -0.2) is 0 Å². The molecule has 0 saturated carbocycles. The molecule has 1 unspecified atom stereocenters. The number of carbonyl (C=O) groups is 2. The van der Waals surface area contributed by atoms with Crippen LogP contribution in [-0.4, -0.2) is 38.6 Å². The molecule has 7 heteroatoms. The SMILES string of the molecule is CCOC(=O)C(Cc1ccc(-c2ccccc2-c2nnn(C(c3ccccc3)(c3ccccc3)c3ccccc3)n2)cc1)C(=O)CC. The molecule has 0 aliphatic heterocycles. The summed E-state index contributed by atoms with van der Waals surface area (Å²) in [6, 6.07) is 46.6. The topological polar surface area (TPSA) is 87.0 Å². The van der Waals surface area contributed by atoms with Crippen molar-refractivity contribution in [1.29, 1.82) is 0 Å². The van der Waals surface area contributed by atoms with E-state index in [1.165, 1.54) is 0 Å². The number of Topliss-reactive ketones (excluding diaryl/α,β-unsaturated/α-hetero) is 1. The number of rotatable bonds is 12. The number of aromatic nitrogens is 4. The summed E-state index contributed by atoms with van der Waals surface area (Å²) in [7, 11) is 0. The van der Waals surface area contributed by atoms with Crippen LogP contribution in [0.2, 0.25) is 0 Å². The van der Waals surface area contributed by atoms with Crippen molar-refractivity contribution < 1.29 is 14.3 Å². The lowest BCUT2D eigenvalue weighted by atomic mass is 9.77. The average molecular weight is 621 g/mol. The van der Waals surface area contributed by atoms with Crippen LogP contribution in [0.25, 0.3) is 22.5 Å². The molecule has 0 fully saturated rings. The van der Waals surface area contributed by atoms with E-state index >= 15 is 0 Å². The van der Waals surface area contributed by atoms with Crippen molar-refractivity contribution in [3.63, 3.8) is 0 Å². The Kier molecular flexibility index (Phi) is 9.43. The standard InChI is InChI=1S/C40H36N4O3/c1-3-37(45)36(39(46)47-4-2)28-29-24-26-30(27-25-29)34-22-14-15-23-35(34)38-41-43-44(42-38)40(31-16-8-5-9-17-31,32-18-10-6-11-19-32)33-20-12-7-13-21-33/h5-27,36H,3-4,28H2,1-2H3. The summed E-state index contributed by atoms with van der Waals surface area (Å²) >= 11 is 0. The fourth-order valence-corrected chi connectivity index (χ4v) is 6.15. The highest BCUT2D eigenvalue weighted by Gasteiger charge is 2.41. The van der Waals surface area contributed by atoms with Gasteiger partial charge in [-0.3, -0.25) is 9.59 Å². The molecule has 6 aromatic rings. The predicted molar refractivity (Wildman–Crippen MR) is 182 cm³/mol. The monoisotopic (exact) mass is 620 g/mol. The molecule has 0 radical (unpaired) electrons. The van der Waals surface area contributed by atoms with Crippen molar-refractivity contribution in [3.8, 4) is 22.5 Å². The maximum atomic E-state index is 12.5. The number of hydrogen-bond donors (Lipinski definition) is 0. The molecule has 0 N–H and O–H groups in total. The normalized spacial score (nSPS) is 12.0. The van der Waals surface area contributed by atoms with Crippen molar-refractivity contribution in [2.24, 2.45) is 5.92 Å². The maximum absolute atomic E-state index is 12.5. The number of esters is 1. The minimum Gasteiger partial charge on any atom is -0.465 e. The fraction of sp³-hybridized carbons (Fsp3) is 0.175. The molecule has 0 aliphatic rings. The third-order valence-corrected chi connectivity index (χ3v) is 8.47. The van der Waals surface area contributed by atoms with Crippen molar-refractivity contribution in [3.05, 3.63) is 162 Å². The van der Waals surface area contributed by atoms with E-state index in [1.807, 2.05) is 103 Å². The van der Waals surface area contributed by atoms with Crippen LogP contribution < -0.4 is 0 Å². The van der Waals surface area contributed by atoms with Crippen LogP contribution in [0.4, 0.5) is 0 Å². The van der Waals surface area contributed by atoms with Crippen LogP contribution >= 0.6 is 0 Å². The van der Waals surface area contributed by atoms with Gasteiger partial charge in [-0.2, -0.15) is 0 Å². The van der Waals surface area contributed by atoms with E-state index in [0.29, 0.717) is 12.2 Å². The fourth-order valence-electron chi connectivity index (χ4n) is 6.15. The predicted octanol–water partition coefficient (Wildman–Crippen LogP) is 7.55. The summed E-state index contributed by atoms with van der Waals surface area (Å²) in [4.78, 5) is 26.8. The number of benzene rings is 5. The van der Waals surface area contributed by atoms with Gasteiger partial charge in [0.05, 0.1) is 6.61 Å². The van der Waals surface area contributed by atoms with E-state index in [2.05, 4.69) is 41.5 Å². The van der Waals surface area contributed by atoms with Crippen molar-refractivity contribution in [2.75, 3.05) is 6.61 Å². The Hall–Kier alpha value is -5.69. The Bertz CT molecular complexity index is 1840. The largest absolute Gasteiger partial charge is 0.465 e. The van der Waals surface area contributed by atoms with Gasteiger partial charge in [0.15, 0.2) is 5.54 Å². The molecular formula is C40H36N4O3. The molecule has 6 rings (SSSR count). The second-order valence-electron chi connectivity index (χ2n) is 11.3. The van der Waals surface area contributed by atoms with E-state index in [1.54, 1.807) is 18.6 Å². The van der Waals surface area contributed by atoms with Gasteiger partial charge in [0.2, 0.25) is 5.82 Å². The second-order valence-corrected chi connectivity index (χ2v) is 11.3. The molecule has 1 heterocycles. The minimum atomic E-state index is -0.878. The van der Waals surface area contributed by atoms with Crippen LogP contribution in [0, 0.1) is 5.92 Å². The highest BCUT2D eigenvalue weighted by atomic mass is 16.5. The van der Waals surface area contributed by atoms with Crippen molar-refractivity contribution >= 4 is 11.8 Å². The van der Waals surface area contributed by atoms with Gasteiger partial charge < -0.3 is 4.74 Å². The lowest BCUT2D eigenvalue weighted by Crippen LogP contribution is -2.39. The summed E-state index contributed by atoms with van der Waals surface area (Å²) in [5, 5.41) is 14.5. The summed E-state index contributed by atoms with van der Waals surface area (Å²) in [6.45, 7) is 3.75. The number of nitrogens with zero attached hydrogens (tertiary/aromatic N) is 4. The maximum Gasteiger partial charge on any atom is 0.316 e. The summed E-state index contributed by atoms with van der Waals surface area (Å²) in [6.07, 6.45) is 0.576. The summed E-state index contributed by atoms with van der Waals surface area (Å²) in [5.41, 5.74) is 5.75. The summed E-state index contributed by atoms with van der Waals surface area (Å²) in [5.74, 6) is -0.908. The molecule has 1 aromatic heterocycles. The third-order valence-electron chi connectivity index (χ3n) is 8.47. The Balaban J connectivity index is 1.41. The molecule has 0 spiro atoms. The first-order chi connectivity index (χ1) is 23.1. The van der Waals surface area contributed by atoms with Crippen LogP contribution in [0.5, 0.6) is 0 Å². The molecular weight excluding hydrogens is 584 g/mol. The Morgan fingerprint density at radius 2 is 1.19 bits per heavy atom. The number of tetrazole rings is 1. The van der Waals surface area contributed by atoms with E-state index < -0.39 is 17.4 Å². The van der Waals surface area contributed by atoms with Crippen LogP contribution in [0.15, 0.2) is 140 Å². The van der Waals surface area contributed by atoms with E-state index in [-0.39, 0.29) is 18.8 Å². The van der Waals surface area contributed by atoms with E-state index in [4.69, 9.17) is 15.0 Å². The molecule has 1 atom stereocenters. The van der Waals surface area contributed by atoms with Crippen molar-refractivity contribution in [1.82, 2.24) is 20.2 Å². The quantitative estimate of drug-likeness (QED) is 0.0798. The van der Waals surface area contributed by atoms with Gasteiger partial charge in [-0.15, -0.1) is 15.0 Å². The average Bonchev–Trinajstić information content (AvgIpc) is 3.63. The first-order valence-electron chi connectivity index (χ1n) is 15.9. The van der Waals surface area contributed by atoms with Crippen molar-refractivity contribution in [2.45, 2.75) is 32.2 Å². The second kappa shape index (κ2) is 14.2. The zero-order valence-electron chi connectivity index (χ0n) is 26.5. The van der Waals surface area contributed by atoms with Crippen LogP contribution in [-0.2, 0) is 26.3 Å². The van der Waals surface area contributed by atoms with Crippen LogP contribution in [0.1, 0.15) is 42.5 Å². The first-order valence-corrected chi connectivity index (χ1v) is 15.9. The zero-order chi connectivity index (χ0) is 32.6. The van der Waals surface area contributed by atoms with Gasteiger partial charge in [0.25, 0.3) is 0 Å². The Morgan fingerprint density at radius 1 is 0.681 bits per heavy atom. The van der Waals surface area contributed by atoms with Gasteiger partial charge in [0, 0.05) is 12.0 Å². The number of hydrogen-bond acceptors (Lipinski definition) is 6. The van der Waals surface area contributed by atoms with Crippen LogP contribution in [0.3, 0.4) is 0 Å². The molecule has 0 amide bonds. The minimum absolute atomic E-state index is 0.121. The Labute approximate surface area is 274 Å². The molecule has 47 heavy (non-hydrogen) atoms. The molecule has 0 saturated heterocycles. The number of carbonyl (C=O) groups excluding carboxylic acids is 2. The van der Waals surface area contributed by atoms with Gasteiger partial charge >= 0.3 is 5.97 Å². The molecule has 0 bridgehead atoms. The Morgan fingerprint density at radius 3 is 1.70 bits per heavy atom. The van der Waals surface area contributed by atoms with E-state index in [0.717, 1.165) is 38.9 Å². The first kappa shape index (κ1) is 31.3. The molecule has 0 aliphatic carbocycles. The highest BCUT2D eigenvalue weighted by molar-refractivity contribution is 5.99. The summed E-state index contributed by atoms with van der Waals surface area (Å²) < 4.78 is 5.19. The lowest BCUT2D eigenvalue weighted by molar-refractivity contribution is -0.151.